The van der Waals surface area contributed by atoms with Crippen molar-refractivity contribution >= 4 is 21.8 Å². The number of imidazole rings is 1. The highest BCUT2D eigenvalue weighted by Crippen LogP contribution is 2.32. The van der Waals surface area contributed by atoms with E-state index in [4.69, 9.17) is 0 Å². The molecule has 2 aromatic heterocycles. The number of thioether (sulfide) groups is 1. The fourth-order valence-corrected chi connectivity index (χ4v) is 5.91. The molecule has 33 heavy (non-hydrogen) atoms. The van der Waals surface area contributed by atoms with E-state index in [1.807, 2.05) is 18.4 Å². The Balaban J connectivity index is 1.98. The van der Waals surface area contributed by atoms with Crippen LogP contribution >= 0.6 is 11.8 Å². The van der Waals surface area contributed by atoms with E-state index in [0.717, 1.165) is 11.0 Å². The number of aromatic nitrogens is 5. The van der Waals surface area contributed by atoms with Crippen molar-refractivity contribution in [2.45, 2.75) is 62.5 Å². The van der Waals surface area contributed by atoms with Crippen molar-refractivity contribution in [3.63, 3.8) is 0 Å². The van der Waals surface area contributed by atoms with Gasteiger partial charge in [-0.3, -0.25) is 9.13 Å². The van der Waals surface area contributed by atoms with Crippen LogP contribution in [0.1, 0.15) is 52.5 Å². The molecule has 1 aromatic carbocycles. The van der Waals surface area contributed by atoms with Crippen molar-refractivity contribution in [2.24, 2.45) is 0 Å². The summed E-state index contributed by atoms with van der Waals surface area (Å²) in [6.07, 6.45) is 3.36. The first kappa shape index (κ1) is 25.3. The summed E-state index contributed by atoms with van der Waals surface area (Å²) in [7, 11) is -3.63. The van der Waals surface area contributed by atoms with Crippen LogP contribution in [0.3, 0.4) is 0 Å². The molecule has 0 bridgehead atoms. The summed E-state index contributed by atoms with van der Waals surface area (Å²) in [5.74, 6) is 0.964. The molecule has 0 N–H and O–H groups in total. The zero-order valence-electron chi connectivity index (χ0n) is 19.0. The van der Waals surface area contributed by atoms with Crippen LogP contribution in [0.25, 0.3) is 11.4 Å². The summed E-state index contributed by atoms with van der Waals surface area (Å²) < 4.78 is 56.4. The van der Waals surface area contributed by atoms with Crippen LogP contribution in [0.2, 0.25) is 0 Å². The number of sulfonamides is 1. The first-order valence-electron chi connectivity index (χ1n) is 10.7. The van der Waals surface area contributed by atoms with Crippen molar-refractivity contribution in [3.8, 4) is 11.4 Å². The van der Waals surface area contributed by atoms with Crippen LogP contribution in [0.5, 0.6) is 0 Å². The lowest BCUT2D eigenvalue weighted by Gasteiger charge is -2.19. The zero-order chi connectivity index (χ0) is 24.2. The fraction of sp³-hybridized carbons (Fsp3) is 0.476. The van der Waals surface area contributed by atoms with Gasteiger partial charge in [0.15, 0.2) is 11.0 Å². The Bertz CT molecular complexity index is 1180. The number of benzene rings is 1. The second-order valence-electron chi connectivity index (χ2n) is 7.37. The normalized spacial score (nSPS) is 13.2. The molecule has 0 spiro atoms. The second-order valence-corrected chi connectivity index (χ2v) is 10.2. The van der Waals surface area contributed by atoms with Gasteiger partial charge in [-0.25, -0.2) is 13.4 Å². The summed E-state index contributed by atoms with van der Waals surface area (Å²) in [5.41, 5.74) is 0.622. The predicted octanol–water partition coefficient (Wildman–Crippen LogP) is 4.83. The van der Waals surface area contributed by atoms with Crippen LogP contribution in [-0.4, -0.2) is 50.1 Å². The Morgan fingerprint density at radius 3 is 2.52 bits per heavy atom. The maximum absolute atomic E-state index is 13.1. The van der Waals surface area contributed by atoms with Gasteiger partial charge in [0, 0.05) is 37.1 Å². The van der Waals surface area contributed by atoms with Crippen LogP contribution in [-0.2, 0) is 15.8 Å². The SMILES string of the molecule is CCC(C)n1c(SCc2nccn2C(F)F)nnc1-c1cccc(S(=O)(=O)N(CC)CC)c1. The lowest BCUT2D eigenvalue weighted by Crippen LogP contribution is -2.30. The molecule has 8 nitrogen and oxygen atoms in total. The number of hydrogen-bond donors (Lipinski definition) is 0. The molecule has 12 heteroatoms. The van der Waals surface area contributed by atoms with Crippen molar-refractivity contribution < 1.29 is 17.2 Å². The Morgan fingerprint density at radius 2 is 1.88 bits per heavy atom. The summed E-state index contributed by atoms with van der Waals surface area (Å²) in [5, 5.41) is 9.17. The molecular weight excluding hydrogens is 470 g/mol. The quantitative estimate of drug-likeness (QED) is 0.352. The van der Waals surface area contributed by atoms with Crippen LogP contribution in [0.4, 0.5) is 8.78 Å². The molecule has 0 amide bonds. The van der Waals surface area contributed by atoms with Gasteiger partial charge in [-0.15, -0.1) is 10.2 Å². The molecule has 1 atom stereocenters. The van der Waals surface area contributed by atoms with Gasteiger partial charge in [-0.05, 0) is 25.5 Å². The third kappa shape index (κ3) is 5.28. The first-order valence-corrected chi connectivity index (χ1v) is 13.1. The second kappa shape index (κ2) is 10.7. The highest BCUT2D eigenvalue weighted by atomic mass is 32.2. The van der Waals surface area contributed by atoms with Crippen molar-refractivity contribution in [2.75, 3.05) is 13.1 Å². The molecule has 1 unspecified atom stereocenters. The highest BCUT2D eigenvalue weighted by Gasteiger charge is 2.24. The van der Waals surface area contributed by atoms with Crippen molar-refractivity contribution in [1.29, 1.82) is 0 Å². The van der Waals surface area contributed by atoms with E-state index in [1.54, 1.807) is 38.1 Å². The number of hydrogen-bond acceptors (Lipinski definition) is 6. The number of halogens is 2. The van der Waals surface area contributed by atoms with E-state index in [9.17, 15) is 17.2 Å². The molecule has 3 rings (SSSR count). The zero-order valence-corrected chi connectivity index (χ0v) is 20.7. The third-order valence-electron chi connectivity index (χ3n) is 5.42. The monoisotopic (exact) mass is 498 g/mol. The lowest BCUT2D eigenvalue weighted by molar-refractivity contribution is 0.0678. The maximum atomic E-state index is 13.1. The Morgan fingerprint density at radius 1 is 1.15 bits per heavy atom. The minimum absolute atomic E-state index is 0.00962. The first-order chi connectivity index (χ1) is 15.7. The van der Waals surface area contributed by atoms with Gasteiger partial charge in [0.1, 0.15) is 5.82 Å². The van der Waals surface area contributed by atoms with Gasteiger partial charge >= 0.3 is 6.55 Å². The summed E-state index contributed by atoms with van der Waals surface area (Å²) in [4.78, 5) is 4.21. The summed E-state index contributed by atoms with van der Waals surface area (Å²) in [6.45, 7) is 5.71. The van der Waals surface area contributed by atoms with Gasteiger partial charge in [0.2, 0.25) is 10.0 Å². The van der Waals surface area contributed by atoms with E-state index in [0.29, 0.717) is 29.6 Å². The molecule has 3 aromatic rings. The van der Waals surface area contributed by atoms with E-state index < -0.39 is 16.6 Å². The van der Waals surface area contributed by atoms with Gasteiger partial charge in [-0.2, -0.15) is 13.1 Å². The van der Waals surface area contributed by atoms with Gasteiger partial charge in [-0.1, -0.05) is 44.7 Å². The van der Waals surface area contributed by atoms with Crippen LogP contribution in [0.15, 0.2) is 46.7 Å². The van der Waals surface area contributed by atoms with Crippen LogP contribution < -0.4 is 0 Å². The molecule has 0 fully saturated rings. The smallest absolute Gasteiger partial charge is 0.299 e. The maximum Gasteiger partial charge on any atom is 0.319 e. The standard InChI is InChI=1S/C21H28F2N6O2S2/c1-5-15(4)29-19(16-9-8-10-17(13-16)33(30,31)27(6-2)7-3)25-26-21(29)32-14-18-24-11-12-28(18)20(22)23/h8-13,15,20H,5-7,14H2,1-4H3. The van der Waals surface area contributed by atoms with E-state index in [1.165, 1.54) is 28.5 Å². The number of nitrogens with zero attached hydrogens (tertiary/aromatic N) is 6. The third-order valence-corrected chi connectivity index (χ3v) is 8.41. The Kier molecular flexibility index (Phi) is 8.24. The van der Waals surface area contributed by atoms with E-state index in [2.05, 4.69) is 15.2 Å². The van der Waals surface area contributed by atoms with Crippen LogP contribution in [0, 0.1) is 0 Å². The average molecular weight is 499 g/mol. The molecule has 0 saturated carbocycles. The predicted molar refractivity (Wildman–Crippen MR) is 124 cm³/mol. The largest absolute Gasteiger partial charge is 0.319 e. The van der Waals surface area contributed by atoms with Gasteiger partial charge in [0.05, 0.1) is 10.6 Å². The summed E-state index contributed by atoms with van der Waals surface area (Å²) in [6, 6.07) is 6.67. The Labute approximate surface area is 197 Å². The molecule has 2 heterocycles. The topological polar surface area (TPSA) is 85.9 Å². The van der Waals surface area contributed by atoms with Crippen molar-refractivity contribution in [1.82, 2.24) is 28.6 Å². The summed E-state index contributed by atoms with van der Waals surface area (Å²) >= 11 is 1.26. The molecule has 0 saturated heterocycles. The molecule has 0 radical (unpaired) electrons. The Hall–Kier alpha value is -2.31. The van der Waals surface area contributed by atoms with Gasteiger partial charge in [0.25, 0.3) is 0 Å². The minimum Gasteiger partial charge on any atom is -0.299 e. The molecule has 0 aliphatic rings. The average Bonchev–Trinajstić information content (AvgIpc) is 3.45. The molecule has 0 aliphatic heterocycles. The molecular formula is C21H28F2N6O2S2. The lowest BCUT2D eigenvalue weighted by atomic mass is 10.2. The number of alkyl halides is 2. The van der Waals surface area contributed by atoms with Gasteiger partial charge < -0.3 is 0 Å². The van der Waals surface area contributed by atoms with E-state index >= 15 is 0 Å². The van der Waals surface area contributed by atoms with Crippen molar-refractivity contribution in [3.05, 3.63) is 42.5 Å². The highest BCUT2D eigenvalue weighted by molar-refractivity contribution is 7.98. The number of rotatable bonds is 11. The van der Waals surface area contributed by atoms with E-state index in [-0.39, 0.29) is 22.5 Å². The fourth-order valence-electron chi connectivity index (χ4n) is 3.42. The molecule has 0 aliphatic carbocycles. The molecule has 180 valence electrons. The minimum atomic E-state index is -3.63.